The van der Waals surface area contributed by atoms with Crippen LogP contribution in [0.25, 0.3) is 6.08 Å². The molecule has 2 aromatic rings. The van der Waals surface area contributed by atoms with Crippen molar-refractivity contribution in [3.05, 3.63) is 61.0 Å². The summed E-state index contributed by atoms with van der Waals surface area (Å²) >= 11 is 8.89. The first-order chi connectivity index (χ1) is 16.9. The number of carbonyl (C=O) groups excluding carboxylic acids is 3. The topological polar surface area (TPSA) is 85.4 Å². The highest BCUT2D eigenvalue weighted by molar-refractivity contribution is 14.1. The number of morpholine rings is 1. The van der Waals surface area contributed by atoms with E-state index in [0.29, 0.717) is 55.0 Å². The minimum absolute atomic E-state index is 0.248. The minimum Gasteiger partial charge on any atom is -0.493 e. The van der Waals surface area contributed by atoms with Crippen LogP contribution < -0.4 is 9.47 Å². The van der Waals surface area contributed by atoms with Crippen molar-refractivity contribution in [1.29, 1.82) is 0 Å². The lowest BCUT2D eigenvalue weighted by Gasteiger charge is -2.28. The lowest BCUT2D eigenvalue weighted by atomic mass is 10.1. The normalized spacial score (nSPS) is 17.3. The summed E-state index contributed by atoms with van der Waals surface area (Å²) in [4.78, 5) is 40.7. The van der Waals surface area contributed by atoms with Crippen LogP contribution in [0.4, 0.5) is 4.79 Å². The number of imide groups is 1. The third-order valence-corrected chi connectivity index (χ3v) is 7.34. The fourth-order valence-corrected chi connectivity index (χ4v) is 5.28. The Morgan fingerprint density at radius 1 is 1.20 bits per heavy atom. The van der Waals surface area contributed by atoms with E-state index in [4.69, 9.17) is 25.8 Å². The van der Waals surface area contributed by atoms with Crippen LogP contribution >= 0.6 is 46.0 Å². The molecule has 0 spiro atoms. The second-order valence-corrected chi connectivity index (χ2v) is 10.3. The van der Waals surface area contributed by atoms with Gasteiger partial charge in [0.05, 0.1) is 28.8 Å². The highest BCUT2D eigenvalue weighted by Gasteiger charge is 2.37. The van der Waals surface area contributed by atoms with E-state index < -0.39 is 11.1 Å². The molecule has 2 fully saturated rings. The molecular formula is C24H22ClIN2O6S. The van der Waals surface area contributed by atoms with Crippen LogP contribution in [0.1, 0.15) is 11.1 Å². The largest absolute Gasteiger partial charge is 0.493 e. The molecule has 0 saturated carbocycles. The van der Waals surface area contributed by atoms with Gasteiger partial charge in [-0.15, -0.1) is 0 Å². The zero-order chi connectivity index (χ0) is 24.9. The molecule has 0 N–H and O–H groups in total. The average Bonchev–Trinajstić information content (AvgIpc) is 3.11. The number of nitrogens with zero attached hydrogens (tertiary/aromatic N) is 2. The highest BCUT2D eigenvalue weighted by atomic mass is 127. The molecule has 2 heterocycles. The van der Waals surface area contributed by atoms with Gasteiger partial charge in [-0.1, -0.05) is 23.7 Å². The Labute approximate surface area is 225 Å². The second kappa shape index (κ2) is 11.6. The van der Waals surface area contributed by atoms with E-state index >= 15 is 0 Å². The van der Waals surface area contributed by atoms with Gasteiger partial charge >= 0.3 is 0 Å². The van der Waals surface area contributed by atoms with Crippen molar-refractivity contribution in [1.82, 2.24) is 9.80 Å². The van der Waals surface area contributed by atoms with Crippen LogP contribution in [0, 0.1) is 3.57 Å². The fourth-order valence-electron chi connectivity index (χ4n) is 3.54. The third kappa shape index (κ3) is 6.29. The van der Waals surface area contributed by atoms with E-state index in [-0.39, 0.29) is 17.4 Å². The van der Waals surface area contributed by atoms with E-state index in [1.807, 2.05) is 18.2 Å². The summed E-state index contributed by atoms with van der Waals surface area (Å²) in [7, 11) is 1.54. The summed E-state index contributed by atoms with van der Waals surface area (Å²) in [6.45, 7) is 1.87. The summed E-state index contributed by atoms with van der Waals surface area (Å²) in [6, 6.07) is 10.9. The molecule has 184 valence electrons. The Balaban J connectivity index is 1.47. The zero-order valence-corrected chi connectivity index (χ0v) is 22.5. The van der Waals surface area contributed by atoms with Gasteiger partial charge in [0.1, 0.15) is 13.2 Å². The van der Waals surface area contributed by atoms with Crippen molar-refractivity contribution >= 4 is 69.1 Å². The van der Waals surface area contributed by atoms with E-state index in [9.17, 15) is 14.4 Å². The van der Waals surface area contributed by atoms with Crippen molar-refractivity contribution in [2.45, 2.75) is 6.61 Å². The number of thioether (sulfide) groups is 1. The average molecular weight is 629 g/mol. The summed E-state index contributed by atoms with van der Waals surface area (Å²) in [5.74, 6) is 0.317. The Hall–Kier alpha value is -2.28. The Morgan fingerprint density at radius 3 is 2.60 bits per heavy atom. The van der Waals surface area contributed by atoms with E-state index in [2.05, 4.69) is 22.6 Å². The number of benzene rings is 2. The van der Waals surface area contributed by atoms with Crippen LogP contribution in [0.2, 0.25) is 5.02 Å². The maximum Gasteiger partial charge on any atom is 0.294 e. The second-order valence-electron chi connectivity index (χ2n) is 7.71. The van der Waals surface area contributed by atoms with Gasteiger partial charge in [0.25, 0.3) is 11.1 Å². The summed E-state index contributed by atoms with van der Waals surface area (Å²) in [5, 5.41) is 0.188. The maximum atomic E-state index is 12.9. The first-order valence-corrected chi connectivity index (χ1v) is 13.0. The van der Waals surface area contributed by atoms with Crippen molar-refractivity contribution < 1.29 is 28.6 Å². The molecule has 11 heteroatoms. The first kappa shape index (κ1) is 25.8. The van der Waals surface area contributed by atoms with Gasteiger partial charge in [-0.25, -0.2) is 0 Å². The number of hydrogen-bond donors (Lipinski definition) is 0. The lowest BCUT2D eigenvalue weighted by Crippen LogP contribution is -2.46. The number of ether oxygens (including phenoxy) is 3. The summed E-state index contributed by atoms with van der Waals surface area (Å²) in [5.41, 5.74) is 1.63. The highest BCUT2D eigenvalue weighted by Crippen LogP contribution is 2.37. The summed E-state index contributed by atoms with van der Waals surface area (Å²) in [6.07, 6.45) is 1.62. The molecule has 4 rings (SSSR count). The Kier molecular flexibility index (Phi) is 8.58. The van der Waals surface area contributed by atoms with Crippen LogP contribution in [0.15, 0.2) is 41.3 Å². The van der Waals surface area contributed by atoms with Gasteiger partial charge in [0.2, 0.25) is 5.91 Å². The molecule has 2 aliphatic heterocycles. The molecule has 0 radical (unpaired) electrons. The molecule has 2 aliphatic rings. The van der Waals surface area contributed by atoms with Crippen molar-refractivity contribution in [2.75, 3.05) is 40.0 Å². The fraction of sp³-hybridized carbons (Fsp3) is 0.292. The van der Waals surface area contributed by atoms with Gasteiger partial charge < -0.3 is 19.1 Å². The van der Waals surface area contributed by atoms with E-state index in [0.717, 1.165) is 25.8 Å². The predicted octanol–water partition coefficient (Wildman–Crippen LogP) is 4.43. The van der Waals surface area contributed by atoms with Gasteiger partial charge in [-0.05, 0) is 75.8 Å². The number of amides is 3. The lowest BCUT2D eigenvalue weighted by molar-refractivity contribution is -0.139. The van der Waals surface area contributed by atoms with Gasteiger partial charge in [-0.3, -0.25) is 19.3 Å². The maximum absolute atomic E-state index is 12.9. The summed E-state index contributed by atoms with van der Waals surface area (Å²) < 4.78 is 17.5. The van der Waals surface area contributed by atoms with E-state index in [1.54, 1.807) is 29.2 Å². The Bertz CT molecular complexity index is 1170. The number of carbonyl (C=O) groups is 3. The molecule has 2 saturated heterocycles. The number of hydrogen-bond acceptors (Lipinski definition) is 7. The number of methoxy groups -OCH3 is 1. The predicted molar refractivity (Wildman–Crippen MR) is 142 cm³/mol. The molecule has 0 aromatic heterocycles. The van der Waals surface area contributed by atoms with E-state index in [1.165, 1.54) is 7.11 Å². The van der Waals surface area contributed by atoms with Gasteiger partial charge in [0.15, 0.2) is 11.5 Å². The molecule has 3 amide bonds. The molecule has 0 atom stereocenters. The van der Waals surface area contributed by atoms with Crippen LogP contribution in [-0.2, 0) is 20.9 Å². The van der Waals surface area contributed by atoms with Crippen LogP contribution in [0.3, 0.4) is 0 Å². The monoisotopic (exact) mass is 628 g/mol. The molecule has 8 nitrogen and oxygen atoms in total. The van der Waals surface area contributed by atoms with Crippen molar-refractivity contribution in [2.24, 2.45) is 0 Å². The smallest absolute Gasteiger partial charge is 0.294 e. The van der Waals surface area contributed by atoms with Crippen molar-refractivity contribution in [3.63, 3.8) is 0 Å². The Morgan fingerprint density at radius 2 is 1.91 bits per heavy atom. The molecule has 2 aromatic carbocycles. The molecule has 0 unspecified atom stereocenters. The van der Waals surface area contributed by atoms with Crippen LogP contribution in [0.5, 0.6) is 11.5 Å². The molecular weight excluding hydrogens is 607 g/mol. The molecule has 0 bridgehead atoms. The molecule has 35 heavy (non-hydrogen) atoms. The van der Waals surface area contributed by atoms with Crippen molar-refractivity contribution in [3.8, 4) is 11.5 Å². The third-order valence-electron chi connectivity index (χ3n) is 5.38. The van der Waals surface area contributed by atoms with Crippen LogP contribution in [-0.4, -0.2) is 66.8 Å². The number of halogens is 2. The van der Waals surface area contributed by atoms with Gasteiger partial charge in [0, 0.05) is 18.1 Å². The van der Waals surface area contributed by atoms with Gasteiger partial charge in [-0.2, -0.15) is 0 Å². The minimum atomic E-state index is -0.487. The zero-order valence-electron chi connectivity index (χ0n) is 18.8. The SMILES string of the molecule is COc1cc(/C=C2\SC(=O)N(CC(=O)N3CCOCC3)C2=O)cc(I)c1OCc1ccc(Cl)cc1. The number of rotatable bonds is 7. The standard InChI is InChI=1S/C24H22ClIN2O6S/c1-32-19-11-16(10-18(26)22(19)34-14-15-2-4-17(25)5-3-15)12-20-23(30)28(24(31)35-20)13-21(29)27-6-8-33-9-7-27/h2-5,10-12H,6-9,13-14H2,1H3/b20-12-. The molecule has 0 aliphatic carbocycles. The first-order valence-electron chi connectivity index (χ1n) is 10.7. The quantitative estimate of drug-likeness (QED) is 0.332.